The Labute approximate surface area is 130 Å². The molecule has 0 bridgehead atoms. The lowest BCUT2D eigenvalue weighted by Gasteiger charge is -2.13. The van der Waals surface area contributed by atoms with Crippen molar-refractivity contribution in [3.63, 3.8) is 0 Å². The van der Waals surface area contributed by atoms with Crippen LogP contribution < -0.4 is 4.74 Å². The van der Waals surface area contributed by atoms with Crippen molar-refractivity contribution in [3.05, 3.63) is 32.3 Å². The molecule has 0 aliphatic rings. The molecule has 0 amide bonds. The maximum Gasteiger partial charge on any atom is 0.332 e. The van der Waals surface area contributed by atoms with Crippen LogP contribution >= 0.6 is 23.2 Å². The molecule has 0 saturated heterocycles. The van der Waals surface area contributed by atoms with Crippen LogP contribution in [0.4, 0.5) is 5.69 Å². The minimum Gasteiger partial charge on any atom is -0.487 e. The number of carboxylic acids is 1. The fourth-order valence-corrected chi connectivity index (χ4v) is 1.84. The summed E-state index contributed by atoms with van der Waals surface area (Å²) in [4.78, 5) is 21.1. The summed E-state index contributed by atoms with van der Waals surface area (Å²) in [5.41, 5.74) is -0.340. The molecule has 9 heteroatoms. The molecular formula is C12H13Cl2NO6. The molecule has 1 rings (SSSR count). The van der Waals surface area contributed by atoms with Gasteiger partial charge in [0.1, 0.15) is 0 Å². The molecule has 0 radical (unpaired) electrons. The zero-order valence-electron chi connectivity index (χ0n) is 11.0. The number of aliphatic carboxylic acids is 1. The van der Waals surface area contributed by atoms with E-state index in [4.69, 9.17) is 37.8 Å². The van der Waals surface area contributed by atoms with E-state index in [0.29, 0.717) is 0 Å². The topological polar surface area (TPSA) is 98.9 Å². The first kappa shape index (κ1) is 17.5. The highest BCUT2D eigenvalue weighted by Crippen LogP contribution is 2.35. The average molecular weight is 338 g/mol. The molecule has 116 valence electrons. The van der Waals surface area contributed by atoms with E-state index in [2.05, 4.69) is 0 Å². The molecule has 0 heterocycles. The van der Waals surface area contributed by atoms with Crippen molar-refractivity contribution < 1.29 is 24.3 Å². The summed E-state index contributed by atoms with van der Waals surface area (Å²) in [7, 11) is 0. The molecule has 0 saturated carbocycles. The largest absolute Gasteiger partial charge is 0.487 e. The van der Waals surface area contributed by atoms with E-state index in [1.807, 2.05) is 0 Å². The summed E-state index contributed by atoms with van der Waals surface area (Å²) in [6.45, 7) is 1.83. The second-order valence-electron chi connectivity index (χ2n) is 3.91. The predicted molar refractivity (Wildman–Crippen MR) is 76.3 cm³/mol. The van der Waals surface area contributed by atoms with Crippen LogP contribution in [0.1, 0.15) is 13.3 Å². The molecule has 1 unspecified atom stereocenters. The van der Waals surface area contributed by atoms with Gasteiger partial charge < -0.3 is 14.6 Å². The number of halogens is 2. The van der Waals surface area contributed by atoms with Crippen molar-refractivity contribution in [1.29, 1.82) is 0 Å². The van der Waals surface area contributed by atoms with Crippen LogP contribution in [0.15, 0.2) is 12.1 Å². The van der Waals surface area contributed by atoms with Crippen LogP contribution in [0.2, 0.25) is 10.0 Å². The first-order chi connectivity index (χ1) is 9.86. The summed E-state index contributed by atoms with van der Waals surface area (Å²) >= 11 is 11.5. The van der Waals surface area contributed by atoms with Crippen molar-refractivity contribution >= 4 is 34.9 Å². The van der Waals surface area contributed by atoms with Crippen LogP contribution in [0.5, 0.6) is 5.75 Å². The Morgan fingerprint density at radius 2 is 2.05 bits per heavy atom. The monoisotopic (exact) mass is 337 g/mol. The van der Waals surface area contributed by atoms with Gasteiger partial charge in [-0.15, -0.1) is 0 Å². The van der Waals surface area contributed by atoms with Crippen molar-refractivity contribution in [2.75, 3.05) is 13.2 Å². The molecule has 0 fully saturated rings. The fraction of sp³-hybridized carbons (Fsp3) is 0.417. The molecule has 1 aromatic carbocycles. The zero-order chi connectivity index (χ0) is 16.0. The standard InChI is InChI=1S/C12H13Cl2NO6/c1-2-20-10(12(16)17)3-4-21-11-6-8(14)7(13)5-9(11)15(18)19/h5-6,10H,2-4H2,1H3,(H,16,17). The molecule has 0 spiro atoms. The lowest BCUT2D eigenvalue weighted by atomic mass is 10.2. The number of hydrogen-bond donors (Lipinski definition) is 1. The fourth-order valence-electron chi connectivity index (χ4n) is 1.53. The van der Waals surface area contributed by atoms with Gasteiger partial charge in [0.05, 0.1) is 21.6 Å². The summed E-state index contributed by atoms with van der Waals surface area (Å²) in [5, 5.41) is 19.9. The summed E-state index contributed by atoms with van der Waals surface area (Å²) in [6, 6.07) is 2.30. The highest BCUT2D eigenvalue weighted by molar-refractivity contribution is 6.42. The predicted octanol–water partition coefficient (Wildman–Crippen LogP) is 3.16. The first-order valence-corrected chi connectivity index (χ1v) is 6.73. The minimum atomic E-state index is -1.12. The second-order valence-corrected chi connectivity index (χ2v) is 4.72. The van der Waals surface area contributed by atoms with Crippen molar-refractivity contribution in [1.82, 2.24) is 0 Å². The molecular weight excluding hydrogens is 325 g/mol. The molecule has 1 aromatic rings. The van der Waals surface area contributed by atoms with Gasteiger partial charge in [-0.3, -0.25) is 10.1 Å². The Morgan fingerprint density at radius 1 is 1.43 bits per heavy atom. The van der Waals surface area contributed by atoms with E-state index in [-0.39, 0.29) is 41.1 Å². The van der Waals surface area contributed by atoms with Crippen LogP contribution in [0, 0.1) is 10.1 Å². The molecule has 7 nitrogen and oxygen atoms in total. The second kappa shape index (κ2) is 8.02. The van der Waals surface area contributed by atoms with E-state index in [0.717, 1.165) is 6.07 Å². The number of nitro benzene ring substituents is 1. The van der Waals surface area contributed by atoms with Crippen LogP contribution in [-0.2, 0) is 9.53 Å². The molecule has 0 aliphatic carbocycles. The van der Waals surface area contributed by atoms with Gasteiger partial charge in [0.15, 0.2) is 11.9 Å². The van der Waals surface area contributed by atoms with E-state index in [1.54, 1.807) is 6.92 Å². The number of carbonyl (C=O) groups is 1. The Bertz CT molecular complexity index is 537. The van der Waals surface area contributed by atoms with Gasteiger partial charge in [0.25, 0.3) is 0 Å². The van der Waals surface area contributed by atoms with E-state index >= 15 is 0 Å². The minimum absolute atomic E-state index is 0.0356. The number of benzene rings is 1. The van der Waals surface area contributed by atoms with Crippen LogP contribution in [-0.4, -0.2) is 35.3 Å². The highest BCUT2D eigenvalue weighted by Gasteiger charge is 2.21. The molecule has 0 aromatic heterocycles. The van der Waals surface area contributed by atoms with Gasteiger partial charge in [0, 0.05) is 25.2 Å². The molecule has 1 N–H and O–H groups in total. The van der Waals surface area contributed by atoms with Crippen molar-refractivity contribution in [2.24, 2.45) is 0 Å². The number of nitro groups is 1. The van der Waals surface area contributed by atoms with Crippen molar-refractivity contribution in [3.8, 4) is 5.75 Å². The van der Waals surface area contributed by atoms with Gasteiger partial charge in [-0.2, -0.15) is 0 Å². The smallest absolute Gasteiger partial charge is 0.332 e. The summed E-state index contributed by atoms with van der Waals surface area (Å²) < 4.78 is 10.2. The number of hydrogen-bond acceptors (Lipinski definition) is 5. The normalized spacial score (nSPS) is 12.0. The summed E-state index contributed by atoms with van der Waals surface area (Å²) in [6.07, 6.45) is -0.988. The number of rotatable bonds is 8. The SMILES string of the molecule is CCOC(CCOc1cc(Cl)c(Cl)cc1[N+](=O)[O-])C(=O)O. The molecule has 21 heavy (non-hydrogen) atoms. The first-order valence-electron chi connectivity index (χ1n) is 5.97. The Balaban J connectivity index is 2.77. The quantitative estimate of drug-likeness (QED) is 0.577. The lowest BCUT2D eigenvalue weighted by Crippen LogP contribution is -2.26. The zero-order valence-corrected chi connectivity index (χ0v) is 12.6. The maximum atomic E-state index is 10.9. The van der Waals surface area contributed by atoms with Crippen LogP contribution in [0.25, 0.3) is 0 Å². The van der Waals surface area contributed by atoms with Gasteiger partial charge in [0.2, 0.25) is 0 Å². The Kier molecular flexibility index (Phi) is 6.67. The van der Waals surface area contributed by atoms with Gasteiger partial charge in [-0.05, 0) is 6.92 Å². The van der Waals surface area contributed by atoms with Crippen LogP contribution in [0.3, 0.4) is 0 Å². The number of ether oxygens (including phenoxy) is 2. The van der Waals surface area contributed by atoms with Gasteiger partial charge in [-0.1, -0.05) is 23.2 Å². The Hall–Kier alpha value is -1.57. The number of nitrogens with zero attached hydrogens (tertiary/aromatic N) is 1. The number of carboxylic acid groups (broad SMARTS) is 1. The van der Waals surface area contributed by atoms with Gasteiger partial charge in [-0.25, -0.2) is 4.79 Å². The van der Waals surface area contributed by atoms with Gasteiger partial charge >= 0.3 is 11.7 Å². The lowest BCUT2D eigenvalue weighted by molar-refractivity contribution is -0.385. The summed E-state index contributed by atoms with van der Waals surface area (Å²) in [5.74, 6) is -1.20. The third-order valence-electron chi connectivity index (χ3n) is 2.48. The third-order valence-corrected chi connectivity index (χ3v) is 3.20. The third kappa shape index (κ3) is 5.04. The maximum absolute atomic E-state index is 10.9. The average Bonchev–Trinajstić information content (AvgIpc) is 2.40. The van der Waals surface area contributed by atoms with E-state index in [1.165, 1.54) is 6.07 Å². The highest BCUT2D eigenvalue weighted by atomic mass is 35.5. The Morgan fingerprint density at radius 3 is 2.57 bits per heavy atom. The molecule has 1 atom stereocenters. The van der Waals surface area contributed by atoms with E-state index < -0.39 is 17.0 Å². The molecule has 0 aliphatic heterocycles. The van der Waals surface area contributed by atoms with Crippen molar-refractivity contribution in [2.45, 2.75) is 19.4 Å². The van der Waals surface area contributed by atoms with E-state index in [9.17, 15) is 14.9 Å².